The molecule has 2 aromatic carbocycles. The van der Waals surface area contributed by atoms with Gasteiger partial charge in [0.05, 0.1) is 19.1 Å². The Bertz CT molecular complexity index is 1060. The van der Waals surface area contributed by atoms with Crippen LogP contribution in [0.4, 0.5) is 4.79 Å². The van der Waals surface area contributed by atoms with Crippen LogP contribution in [0.25, 0.3) is 6.08 Å². The lowest BCUT2D eigenvalue weighted by atomic mass is 10.0. The van der Waals surface area contributed by atoms with Crippen molar-refractivity contribution >= 4 is 35.0 Å². The minimum absolute atomic E-state index is 0.212. The van der Waals surface area contributed by atoms with Crippen LogP contribution in [0.5, 0.6) is 11.5 Å². The van der Waals surface area contributed by atoms with Gasteiger partial charge in [0.2, 0.25) is 0 Å². The average molecular weight is 454 g/mol. The SMILES string of the molecule is C=CCc1cc(/C=C2\SC(=O)N(CC(=O)OC)C2=O)cc(OC)c1OCc1ccccc1. The van der Waals surface area contributed by atoms with Gasteiger partial charge < -0.3 is 14.2 Å². The highest BCUT2D eigenvalue weighted by atomic mass is 32.2. The maximum Gasteiger partial charge on any atom is 0.325 e. The Hall–Kier alpha value is -3.52. The first-order valence-electron chi connectivity index (χ1n) is 9.77. The van der Waals surface area contributed by atoms with Crippen molar-refractivity contribution in [3.63, 3.8) is 0 Å². The zero-order valence-electron chi connectivity index (χ0n) is 17.8. The number of imide groups is 1. The average Bonchev–Trinajstić information content (AvgIpc) is 3.06. The van der Waals surface area contributed by atoms with Gasteiger partial charge in [0.25, 0.3) is 11.1 Å². The predicted octanol–water partition coefficient (Wildman–Crippen LogP) is 4.21. The Labute approximate surface area is 190 Å². The highest BCUT2D eigenvalue weighted by Crippen LogP contribution is 2.37. The summed E-state index contributed by atoms with van der Waals surface area (Å²) in [6.07, 6.45) is 3.86. The molecule has 1 fully saturated rings. The second-order valence-corrected chi connectivity index (χ2v) is 7.82. The minimum Gasteiger partial charge on any atom is -0.493 e. The van der Waals surface area contributed by atoms with Gasteiger partial charge in [0.1, 0.15) is 13.2 Å². The van der Waals surface area contributed by atoms with Crippen molar-refractivity contribution in [2.45, 2.75) is 13.0 Å². The van der Waals surface area contributed by atoms with E-state index < -0.39 is 23.7 Å². The summed E-state index contributed by atoms with van der Waals surface area (Å²) in [6, 6.07) is 13.4. The number of amides is 2. The van der Waals surface area contributed by atoms with Crippen LogP contribution in [0.1, 0.15) is 16.7 Å². The highest BCUT2D eigenvalue weighted by molar-refractivity contribution is 8.18. The Balaban J connectivity index is 1.90. The lowest BCUT2D eigenvalue weighted by Crippen LogP contribution is -2.34. The highest BCUT2D eigenvalue weighted by Gasteiger charge is 2.36. The van der Waals surface area contributed by atoms with Crippen LogP contribution >= 0.6 is 11.8 Å². The molecule has 0 spiro atoms. The first kappa shape index (κ1) is 23.1. The Morgan fingerprint density at radius 3 is 2.56 bits per heavy atom. The lowest BCUT2D eigenvalue weighted by molar-refractivity contribution is -0.143. The molecule has 32 heavy (non-hydrogen) atoms. The van der Waals surface area contributed by atoms with Crippen molar-refractivity contribution in [2.75, 3.05) is 20.8 Å². The van der Waals surface area contributed by atoms with Gasteiger partial charge >= 0.3 is 5.97 Å². The number of esters is 1. The van der Waals surface area contributed by atoms with Crippen molar-refractivity contribution in [1.82, 2.24) is 4.90 Å². The fourth-order valence-electron chi connectivity index (χ4n) is 3.10. The van der Waals surface area contributed by atoms with Gasteiger partial charge in [0, 0.05) is 5.56 Å². The Morgan fingerprint density at radius 1 is 1.16 bits per heavy atom. The van der Waals surface area contributed by atoms with E-state index in [4.69, 9.17) is 9.47 Å². The molecule has 0 atom stereocenters. The number of benzene rings is 2. The van der Waals surface area contributed by atoms with Gasteiger partial charge in [-0.2, -0.15) is 0 Å². The molecule has 3 rings (SSSR count). The largest absolute Gasteiger partial charge is 0.493 e. The van der Waals surface area contributed by atoms with E-state index in [1.807, 2.05) is 36.4 Å². The fourth-order valence-corrected chi connectivity index (χ4v) is 3.94. The molecule has 1 heterocycles. The van der Waals surface area contributed by atoms with Gasteiger partial charge in [-0.1, -0.05) is 36.4 Å². The summed E-state index contributed by atoms with van der Waals surface area (Å²) in [5.41, 5.74) is 2.51. The molecule has 0 radical (unpaired) electrons. The number of nitrogens with zero attached hydrogens (tertiary/aromatic N) is 1. The lowest BCUT2D eigenvalue weighted by Gasteiger charge is -2.16. The second-order valence-electron chi connectivity index (χ2n) is 6.82. The molecule has 2 aromatic rings. The van der Waals surface area contributed by atoms with Crippen molar-refractivity contribution in [3.05, 3.63) is 76.7 Å². The molecule has 8 heteroatoms. The number of carbonyl (C=O) groups is 3. The normalized spacial score (nSPS) is 14.6. The quantitative estimate of drug-likeness (QED) is 0.320. The number of ether oxygens (including phenoxy) is 3. The first-order chi connectivity index (χ1) is 15.5. The second kappa shape index (κ2) is 10.7. The van der Waals surface area contributed by atoms with E-state index in [9.17, 15) is 14.4 Å². The number of thioether (sulfide) groups is 1. The molecule has 166 valence electrons. The molecule has 0 N–H and O–H groups in total. The zero-order chi connectivity index (χ0) is 23.1. The third-order valence-corrected chi connectivity index (χ3v) is 5.56. The summed E-state index contributed by atoms with van der Waals surface area (Å²) in [6.45, 7) is 3.75. The molecule has 0 unspecified atom stereocenters. The molecule has 7 nitrogen and oxygen atoms in total. The molecule has 0 saturated carbocycles. The topological polar surface area (TPSA) is 82.1 Å². The molecule has 2 amide bonds. The number of hydrogen-bond acceptors (Lipinski definition) is 7. The number of methoxy groups -OCH3 is 2. The van der Waals surface area contributed by atoms with E-state index in [1.54, 1.807) is 18.2 Å². The number of rotatable bonds is 9. The predicted molar refractivity (Wildman–Crippen MR) is 122 cm³/mol. The van der Waals surface area contributed by atoms with Crippen LogP contribution in [0.2, 0.25) is 0 Å². The molecular formula is C24H23NO6S. The van der Waals surface area contributed by atoms with Crippen LogP contribution in [0, 0.1) is 0 Å². The van der Waals surface area contributed by atoms with Crippen molar-refractivity contribution in [1.29, 1.82) is 0 Å². The van der Waals surface area contributed by atoms with Crippen molar-refractivity contribution < 1.29 is 28.6 Å². The van der Waals surface area contributed by atoms with Crippen molar-refractivity contribution in [3.8, 4) is 11.5 Å². The maximum atomic E-state index is 12.6. The van der Waals surface area contributed by atoms with Gasteiger partial charge in [-0.3, -0.25) is 19.3 Å². The molecule has 0 bridgehead atoms. The summed E-state index contributed by atoms with van der Waals surface area (Å²) >= 11 is 0.772. The minimum atomic E-state index is -0.664. The first-order valence-corrected chi connectivity index (χ1v) is 10.6. The van der Waals surface area contributed by atoms with E-state index >= 15 is 0 Å². The summed E-state index contributed by atoms with van der Waals surface area (Å²) < 4.78 is 16.1. The van der Waals surface area contributed by atoms with E-state index in [0.717, 1.165) is 27.8 Å². The van der Waals surface area contributed by atoms with E-state index in [-0.39, 0.29) is 4.91 Å². The summed E-state index contributed by atoms with van der Waals surface area (Å²) in [4.78, 5) is 37.3. The molecule has 1 saturated heterocycles. The summed E-state index contributed by atoms with van der Waals surface area (Å²) in [7, 11) is 2.74. The smallest absolute Gasteiger partial charge is 0.325 e. The molecule has 0 aliphatic carbocycles. The Morgan fingerprint density at radius 2 is 1.91 bits per heavy atom. The van der Waals surface area contributed by atoms with Crippen LogP contribution in [-0.2, 0) is 27.4 Å². The molecule has 1 aliphatic rings. The van der Waals surface area contributed by atoms with Gasteiger partial charge in [-0.15, -0.1) is 6.58 Å². The Kier molecular flexibility index (Phi) is 7.72. The monoisotopic (exact) mass is 453 g/mol. The number of hydrogen-bond donors (Lipinski definition) is 0. The number of carbonyl (C=O) groups excluding carboxylic acids is 3. The summed E-state index contributed by atoms with van der Waals surface area (Å²) in [5.74, 6) is -0.116. The molecule has 1 aliphatic heterocycles. The van der Waals surface area contributed by atoms with E-state index in [2.05, 4.69) is 11.3 Å². The van der Waals surface area contributed by atoms with E-state index in [0.29, 0.717) is 30.1 Å². The molecule has 0 aromatic heterocycles. The maximum absolute atomic E-state index is 12.6. The van der Waals surface area contributed by atoms with Crippen LogP contribution in [-0.4, -0.2) is 42.8 Å². The van der Waals surface area contributed by atoms with E-state index in [1.165, 1.54) is 14.2 Å². The van der Waals surface area contributed by atoms with Crippen LogP contribution < -0.4 is 9.47 Å². The molecular weight excluding hydrogens is 430 g/mol. The van der Waals surface area contributed by atoms with Crippen LogP contribution in [0.3, 0.4) is 0 Å². The van der Waals surface area contributed by atoms with Gasteiger partial charge in [0.15, 0.2) is 11.5 Å². The standard InChI is InChI=1S/C24H23NO6S/c1-4-8-18-11-17(13-20-23(27)25(24(28)32-20)14-21(26)30-3)12-19(29-2)22(18)31-15-16-9-6-5-7-10-16/h4-7,9-13H,1,8,14-15H2,2-3H3/b20-13-. The van der Waals surface area contributed by atoms with Crippen molar-refractivity contribution in [2.24, 2.45) is 0 Å². The number of allylic oxidation sites excluding steroid dienone is 1. The third-order valence-electron chi connectivity index (χ3n) is 4.65. The third kappa shape index (κ3) is 5.39. The van der Waals surface area contributed by atoms with Gasteiger partial charge in [-0.05, 0) is 47.5 Å². The van der Waals surface area contributed by atoms with Crippen LogP contribution in [0.15, 0.2) is 60.0 Å². The van der Waals surface area contributed by atoms with Gasteiger partial charge in [-0.25, -0.2) is 0 Å². The fraction of sp³-hybridized carbons (Fsp3) is 0.208. The summed E-state index contributed by atoms with van der Waals surface area (Å²) in [5, 5.41) is -0.521. The zero-order valence-corrected chi connectivity index (χ0v) is 18.6.